The summed E-state index contributed by atoms with van der Waals surface area (Å²) in [5, 5.41) is 3.35. The fraction of sp³-hybridized carbons (Fsp3) is 1.00. The van der Waals surface area contributed by atoms with Gasteiger partial charge in [-0.2, -0.15) is 0 Å². The fourth-order valence-electron chi connectivity index (χ4n) is 1.79. The van der Waals surface area contributed by atoms with E-state index in [-0.39, 0.29) is 0 Å². The van der Waals surface area contributed by atoms with Crippen LogP contribution in [0.1, 0.15) is 25.7 Å². The SMILES string of the molecule is CNC1(COC)CCCC1. The minimum Gasteiger partial charge on any atom is -0.383 e. The Bertz CT molecular complexity index is 97.4. The molecular formula is C8H17NO. The Labute approximate surface area is 63.0 Å². The van der Waals surface area contributed by atoms with Crippen molar-refractivity contribution in [3.05, 3.63) is 0 Å². The van der Waals surface area contributed by atoms with Gasteiger partial charge >= 0.3 is 0 Å². The van der Waals surface area contributed by atoms with Crippen LogP contribution in [-0.4, -0.2) is 26.3 Å². The highest BCUT2D eigenvalue weighted by Crippen LogP contribution is 2.29. The van der Waals surface area contributed by atoms with E-state index in [9.17, 15) is 0 Å². The summed E-state index contributed by atoms with van der Waals surface area (Å²) in [6.07, 6.45) is 5.25. The molecule has 0 saturated heterocycles. The van der Waals surface area contributed by atoms with E-state index in [2.05, 4.69) is 5.32 Å². The molecule has 0 spiro atoms. The normalized spacial score (nSPS) is 23.4. The van der Waals surface area contributed by atoms with Crippen molar-refractivity contribution in [3.8, 4) is 0 Å². The topological polar surface area (TPSA) is 21.3 Å². The number of rotatable bonds is 3. The molecule has 1 N–H and O–H groups in total. The molecule has 1 aliphatic carbocycles. The Morgan fingerprint density at radius 3 is 2.40 bits per heavy atom. The van der Waals surface area contributed by atoms with Crippen LogP contribution in [0.2, 0.25) is 0 Å². The van der Waals surface area contributed by atoms with Gasteiger partial charge in [-0.1, -0.05) is 12.8 Å². The third kappa shape index (κ3) is 1.50. The minimum absolute atomic E-state index is 0.314. The maximum atomic E-state index is 5.16. The van der Waals surface area contributed by atoms with Crippen molar-refractivity contribution in [1.29, 1.82) is 0 Å². The second-order valence-electron chi connectivity index (χ2n) is 3.17. The largest absolute Gasteiger partial charge is 0.383 e. The predicted molar refractivity (Wildman–Crippen MR) is 42.1 cm³/mol. The Balaban J connectivity index is 2.41. The molecule has 1 rings (SSSR count). The average Bonchev–Trinajstić information content (AvgIpc) is 2.39. The molecule has 0 aromatic rings. The lowest BCUT2D eigenvalue weighted by Crippen LogP contribution is -2.44. The number of methoxy groups -OCH3 is 1. The lowest BCUT2D eigenvalue weighted by molar-refractivity contribution is 0.117. The molecule has 0 aromatic carbocycles. The van der Waals surface area contributed by atoms with Crippen molar-refractivity contribution in [2.45, 2.75) is 31.2 Å². The number of nitrogens with one attached hydrogen (secondary N) is 1. The van der Waals surface area contributed by atoms with Gasteiger partial charge in [-0.15, -0.1) is 0 Å². The summed E-state index contributed by atoms with van der Waals surface area (Å²) in [5.41, 5.74) is 0.314. The Morgan fingerprint density at radius 2 is 2.00 bits per heavy atom. The van der Waals surface area contributed by atoms with Crippen LogP contribution in [-0.2, 0) is 4.74 Å². The maximum absolute atomic E-state index is 5.16. The van der Waals surface area contributed by atoms with Crippen molar-refractivity contribution in [2.75, 3.05) is 20.8 Å². The van der Waals surface area contributed by atoms with Crippen LogP contribution >= 0.6 is 0 Å². The van der Waals surface area contributed by atoms with Crippen molar-refractivity contribution in [1.82, 2.24) is 5.32 Å². The first-order valence-corrected chi connectivity index (χ1v) is 4.01. The van der Waals surface area contributed by atoms with E-state index < -0.39 is 0 Å². The van der Waals surface area contributed by atoms with Gasteiger partial charge in [0.1, 0.15) is 0 Å². The second-order valence-corrected chi connectivity index (χ2v) is 3.17. The van der Waals surface area contributed by atoms with Crippen LogP contribution in [0.15, 0.2) is 0 Å². The molecule has 0 aromatic heterocycles. The summed E-state index contributed by atoms with van der Waals surface area (Å²) in [6, 6.07) is 0. The van der Waals surface area contributed by atoms with Gasteiger partial charge in [0.25, 0.3) is 0 Å². The van der Waals surface area contributed by atoms with E-state index in [4.69, 9.17) is 4.74 Å². The first kappa shape index (κ1) is 8.02. The van der Waals surface area contributed by atoms with Gasteiger partial charge in [0, 0.05) is 12.6 Å². The van der Waals surface area contributed by atoms with E-state index >= 15 is 0 Å². The molecular weight excluding hydrogens is 126 g/mol. The highest BCUT2D eigenvalue weighted by molar-refractivity contribution is 4.91. The van der Waals surface area contributed by atoms with Crippen molar-refractivity contribution in [3.63, 3.8) is 0 Å². The Kier molecular flexibility index (Phi) is 2.69. The first-order valence-electron chi connectivity index (χ1n) is 4.01. The van der Waals surface area contributed by atoms with E-state index in [0.29, 0.717) is 5.54 Å². The molecule has 10 heavy (non-hydrogen) atoms. The van der Waals surface area contributed by atoms with Crippen LogP contribution in [0.4, 0.5) is 0 Å². The summed E-state index contributed by atoms with van der Waals surface area (Å²) in [4.78, 5) is 0. The number of ether oxygens (including phenoxy) is 1. The molecule has 0 atom stereocenters. The highest BCUT2D eigenvalue weighted by Gasteiger charge is 2.31. The van der Waals surface area contributed by atoms with Gasteiger partial charge in [-0.3, -0.25) is 0 Å². The molecule has 0 amide bonds. The molecule has 60 valence electrons. The Morgan fingerprint density at radius 1 is 1.40 bits per heavy atom. The van der Waals surface area contributed by atoms with Crippen LogP contribution in [0, 0.1) is 0 Å². The smallest absolute Gasteiger partial charge is 0.0644 e. The quantitative estimate of drug-likeness (QED) is 0.640. The molecule has 1 saturated carbocycles. The second kappa shape index (κ2) is 3.35. The van der Waals surface area contributed by atoms with E-state index in [0.717, 1.165) is 6.61 Å². The molecule has 2 heteroatoms. The lowest BCUT2D eigenvalue weighted by atomic mass is 10.00. The first-order chi connectivity index (χ1) is 4.83. The Hall–Kier alpha value is -0.0800. The van der Waals surface area contributed by atoms with E-state index in [1.54, 1.807) is 7.11 Å². The van der Waals surface area contributed by atoms with Gasteiger partial charge in [0.2, 0.25) is 0 Å². The van der Waals surface area contributed by atoms with Gasteiger partial charge in [0.05, 0.1) is 6.61 Å². The molecule has 0 radical (unpaired) electrons. The van der Waals surface area contributed by atoms with Crippen LogP contribution in [0.25, 0.3) is 0 Å². The third-order valence-corrected chi connectivity index (χ3v) is 2.51. The summed E-state index contributed by atoms with van der Waals surface area (Å²) < 4.78 is 5.16. The minimum atomic E-state index is 0.314. The molecule has 1 fully saturated rings. The highest BCUT2D eigenvalue weighted by atomic mass is 16.5. The zero-order valence-corrected chi connectivity index (χ0v) is 6.94. The number of hydrogen-bond donors (Lipinski definition) is 1. The molecule has 0 aliphatic heterocycles. The lowest BCUT2D eigenvalue weighted by Gasteiger charge is -2.27. The van der Waals surface area contributed by atoms with Crippen molar-refractivity contribution >= 4 is 0 Å². The van der Waals surface area contributed by atoms with Gasteiger partial charge in [0.15, 0.2) is 0 Å². The molecule has 0 bridgehead atoms. The van der Waals surface area contributed by atoms with Crippen LogP contribution in [0.5, 0.6) is 0 Å². The monoisotopic (exact) mass is 143 g/mol. The summed E-state index contributed by atoms with van der Waals surface area (Å²) >= 11 is 0. The summed E-state index contributed by atoms with van der Waals surface area (Å²) in [7, 11) is 3.81. The van der Waals surface area contributed by atoms with E-state index in [1.165, 1.54) is 25.7 Å². The number of hydrogen-bond acceptors (Lipinski definition) is 2. The summed E-state index contributed by atoms with van der Waals surface area (Å²) in [6.45, 7) is 0.865. The van der Waals surface area contributed by atoms with Crippen LogP contribution < -0.4 is 5.32 Å². The third-order valence-electron chi connectivity index (χ3n) is 2.51. The van der Waals surface area contributed by atoms with Crippen molar-refractivity contribution in [2.24, 2.45) is 0 Å². The molecule has 2 nitrogen and oxygen atoms in total. The number of likely N-dealkylation sites (N-methyl/N-ethyl adjacent to an activating group) is 1. The maximum Gasteiger partial charge on any atom is 0.0644 e. The predicted octanol–water partition coefficient (Wildman–Crippen LogP) is 1.16. The van der Waals surface area contributed by atoms with E-state index in [1.807, 2.05) is 7.05 Å². The zero-order chi connectivity index (χ0) is 7.45. The average molecular weight is 143 g/mol. The zero-order valence-electron chi connectivity index (χ0n) is 6.94. The fourth-order valence-corrected chi connectivity index (χ4v) is 1.79. The molecule has 1 aliphatic rings. The van der Waals surface area contributed by atoms with Gasteiger partial charge in [-0.25, -0.2) is 0 Å². The van der Waals surface area contributed by atoms with Gasteiger partial charge < -0.3 is 10.1 Å². The molecule has 0 unspecified atom stereocenters. The molecule has 0 heterocycles. The van der Waals surface area contributed by atoms with Gasteiger partial charge in [-0.05, 0) is 19.9 Å². The van der Waals surface area contributed by atoms with Crippen LogP contribution in [0.3, 0.4) is 0 Å². The standard InChI is InChI=1S/C8H17NO/c1-9-8(7-10-2)5-3-4-6-8/h9H,3-7H2,1-2H3. The van der Waals surface area contributed by atoms with Crippen molar-refractivity contribution < 1.29 is 4.74 Å². The summed E-state index contributed by atoms with van der Waals surface area (Å²) in [5.74, 6) is 0.